The van der Waals surface area contributed by atoms with Gasteiger partial charge in [-0.1, -0.05) is 0 Å². The average molecular weight is 322 g/mol. The third kappa shape index (κ3) is 4.84. The molecule has 0 aliphatic rings. The fourth-order valence-corrected chi connectivity index (χ4v) is 3.78. The highest BCUT2D eigenvalue weighted by atomic mass is 32.2. The van der Waals surface area contributed by atoms with Crippen molar-refractivity contribution in [3.8, 4) is 0 Å². The molecule has 1 atom stereocenters. The molecule has 1 rings (SSSR count). The minimum absolute atomic E-state index is 0.0527. The van der Waals surface area contributed by atoms with Crippen LogP contribution in [0.5, 0.6) is 0 Å². The number of thiophene rings is 1. The van der Waals surface area contributed by atoms with Gasteiger partial charge in [-0.2, -0.15) is 0 Å². The summed E-state index contributed by atoms with van der Waals surface area (Å²) in [6, 6.07) is 1.36. The molecule has 114 valence electrons. The summed E-state index contributed by atoms with van der Waals surface area (Å²) < 4.78 is 31.0. The van der Waals surface area contributed by atoms with Crippen LogP contribution in [0.25, 0.3) is 0 Å². The lowest BCUT2D eigenvalue weighted by atomic mass is 10.4. The van der Waals surface area contributed by atoms with Gasteiger partial charge >= 0.3 is 5.97 Å². The highest BCUT2D eigenvalue weighted by Crippen LogP contribution is 2.22. The summed E-state index contributed by atoms with van der Waals surface area (Å²) in [5, 5.41) is 13.4. The van der Waals surface area contributed by atoms with E-state index >= 15 is 0 Å². The van der Waals surface area contributed by atoms with Crippen LogP contribution in [0.15, 0.2) is 16.3 Å². The minimum atomic E-state index is -3.75. The van der Waals surface area contributed by atoms with Crippen LogP contribution in [0, 0.1) is 0 Å². The first kappa shape index (κ1) is 17.1. The normalized spacial score (nSPS) is 13.2. The maximum Gasteiger partial charge on any atom is 0.349 e. The Labute approximate surface area is 122 Å². The van der Waals surface area contributed by atoms with Crippen LogP contribution in [0.4, 0.5) is 0 Å². The number of esters is 1. The zero-order chi connectivity index (χ0) is 15.2. The van der Waals surface area contributed by atoms with Gasteiger partial charge in [0.05, 0.1) is 13.2 Å². The molecule has 1 heterocycles. The fraction of sp³-hybridized carbons (Fsp3) is 0.545. The number of methoxy groups -OCH3 is 1. The van der Waals surface area contributed by atoms with E-state index in [4.69, 9.17) is 5.11 Å². The van der Waals surface area contributed by atoms with Crippen molar-refractivity contribution in [2.75, 3.05) is 26.7 Å². The van der Waals surface area contributed by atoms with E-state index in [1.807, 2.05) is 0 Å². The summed E-state index contributed by atoms with van der Waals surface area (Å²) in [5.41, 5.74) is 0. The van der Waals surface area contributed by atoms with Crippen LogP contribution in [-0.2, 0) is 14.8 Å². The Bertz CT molecular complexity index is 539. The lowest BCUT2D eigenvalue weighted by Gasteiger charge is -2.09. The first-order chi connectivity index (χ1) is 9.38. The van der Waals surface area contributed by atoms with Crippen LogP contribution in [0.3, 0.4) is 0 Å². The maximum atomic E-state index is 12.0. The number of aliphatic hydroxyl groups excluding tert-OH is 1. The third-order valence-corrected chi connectivity index (χ3v) is 4.85. The number of carbonyl (C=O) groups is 1. The van der Waals surface area contributed by atoms with E-state index in [0.29, 0.717) is 13.1 Å². The highest BCUT2D eigenvalue weighted by Gasteiger charge is 2.24. The van der Waals surface area contributed by atoms with Gasteiger partial charge in [0.2, 0.25) is 10.0 Å². The molecule has 7 nitrogen and oxygen atoms in total. The van der Waals surface area contributed by atoms with Crippen molar-refractivity contribution in [3.05, 3.63) is 16.3 Å². The second-order valence-corrected chi connectivity index (χ2v) is 6.71. The largest absolute Gasteiger partial charge is 0.465 e. The monoisotopic (exact) mass is 322 g/mol. The molecule has 0 spiro atoms. The number of hydrogen-bond donors (Lipinski definition) is 3. The number of carbonyl (C=O) groups excluding carboxylic acids is 1. The molecular weight excluding hydrogens is 304 g/mol. The van der Waals surface area contributed by atoms with Crippen LogP contribution in [0.1, 0.15) is 16.6 Å². The van der Waals surface area contributed by atoms with Gasteiger partial charge in [-0.15, -0.1) is 11.3 Å². The second-order valence-electron chi connectivity index (χ2n) is 4.06. The van der Waals surface area contributed by atoms with Gasteiger partial charge in [0.25, 0.3) is 0 Å². The van der Waals surface area contributed by atoms with Crippen molar-refractivity contribution >= 4 is 27.3 Å². The summed E-state index contributed by atoms with van der Waals surface area (Å²) in [5.74, 6) is -0.674. The zero-order valence-electron chi connectivity index (χ0n) is 11.3. The molecule has 0 fully saturated rings. The number of sulfonamides is 1. The van der Waals surface area contributed by atoms with Gasteiger partial charge in [-0.05, 0) is 18.4 Å². The van der Waals surface area contributed by atoms with Crippen molar-refractivity contribution in [2.45, 2.75) is 17.9 Å². The number of ether oxygens (including phenoxy) is 1. The molecule has 1 aromatic rings. The predicted molar refractivity (Wildman–Crippen MR) is 75.4 cm³/mol. The summed E-state index contributed by atoms with van der Waals surface area (Å²) in [6.07, 6.45) is -0.491. The van der Waals surface area contributed by atoms with E-state index in [0.717, 1.165) is 11.3 Å². The van der Waals surface area contributed by atoms with Gasteiger partial charge in [0, 0.05) is 19.6 Å². The van der Waals surface area contributed by atoms with Gasteiger partial charge in [-0.25, -0.2) is 17.9 Å². The van der Waals surface area contributed by atoms with Gasteiger partial charge in [0.1, 0.15) is 9.77 Å². The molecule has 0 amide bonds. The first-order valence-corrected chi connectivity index (χ1v) is 8.29. The third-order valence-electron chi connectivity index (χ3n) is 2.32. The molecule has 0 saturated carbocycles. The smallest absolute Gasteiger partial charge is 0.349 e. The lowest BCUT2D eigenvalue weighted by molar-refractivity contribution is 0.0602. The van der Waals surface area contributed by atoms with Gasteiger partial charge in [-0.3, -0.25) is 0 Å². The molecule has 0 aliphatic carbocycles. The zero-order valence-corrected chi connectivity index (χ0v) is 12.9. The van der Waals surface area contributed by atoms with Gasteiger partial charge < -0.3 is 15.2 Å². The molecule has 0 saturated heterocycles. The molecule has 1 unspecified atom stereocenters. The number of hydrogen-bond acceptors (Lipinski definition) is 7. The first-order valence-electron chi connectivity index (χ1n) is 5.92. The van der Waals surface area contributed by atoms with Crippen molar-refractivity contribution in [2.24, 2.45) is 0 Å². The predicted octanol–water partition coefficient (Wildman–Crippen LogP) is -0.217. The SMILES string of the molecule is COC(=O)c1sccc1S(=O)(=O)NCCNCC(C)O. The van der Waals surface area contributed by atoms with Gasteiger partial charge in [0.15, 0.2) is 0 Å². The average Bonchev–Trinajstić information content (AvgIpc) is 2.87. The Morgan fingerprint density at radius 3 is 2.80 bits per heavy atom. The minimum Gasteiger partial charge on any atom is -0.465 e. The molecule has 0 radical (unpaired) electrons. The van der Waals surface area contributed by atoms with Crippen molar-refractivity contribution in [1.82, 2.24) is 10.0 Å². The van der Waals surface area contributed by atoms with Crippen LogP contribution in [0.2, 0.25) is 0 Å². The van der Waals surface area contributed by atoms with E-state index in [1.54, 1.807) is 6.92 Å². The van der Waals surface area contributed by atoms with Crippen molar-refractivity contribution in [3.63, 3.8) is 0 Å². The van der Waals surface area contributed by atoms with Crippen molar-refractivity contribution in [1.29, 1.82) is 0 Å². The topological polar surface area (TPSA) is 105 Å². The van der Waals surface area contributed by atoms with Crippen molar-refractivity contribution < 1.29 is 23.1 Å². The van der Waals surface area contributed by atoms with E-state index in [1.165, 1.54) is 18.6 Å². The summed E-state index contributed by atoms with van der Waals surface area (Å²) in [7, 11) is -2.55. The van der Waals surface area contributed by atoms with E-state index in [9.17, 15) is 13.2 Å². The van der Waals surface area contributed by atoms with Crippen LogP contribution in [-0.4, -0.2) is 52.3 Å². The van der Waals surface area contributed by atoms with Crippen LogP contribution < -0.4 is 10.0 Å². The molecule has 0 aliphatic heterocycles. The molecule has 0 bridgehead atoms. The molecular formula is C11H18N2O5S2. The Kier molecular flexibility index (Phi) is 6.56. The maximum absolute atomic E-state index is 12.0. The Hall–Kier alpha value is -1.00. The van der Waals surface area contributed by atoms with E-state index in [2.05, 4.69) is 14.8 Å². The summed E-state index contributed by atoms with van der Waals surface area (Å²) in [6.45, 7) is 2.55. The number of nitrogens with one attached hydrogen (secondary N) is 2. The summed E-state index contributed by atoms with van der Waals surface area (Å²) >= 11 is 1.01. The quantitative estimate of drug-likeness (QED) is 0.452. The number of aliphatic hydroxyl groups is 1. The highest BCUT2D eigenvalue weighted by molar-refractivity contribution is 7.89. The van der Waals surface area contributed by atoms with E-state index in [-0.39, 0.29) is 16.3 Å². The Morgan fingerprint density at radius 2 is 2.20 bits per heavy atom. The summed E-state index contributed by atoms with van der Waals surface area (Å²) in [4.78, 5) is 11.4. The molecule has 0 aromatic carbocycles. The van der Waals surface area contributed by atoms with E-state index < -0.39 is 22.1 Å². The molecule has 20 heavy (non-hydrogen) atoms. The Morgan fingerprint density at radius 1 is 1.50 bits per heavy atom. The Balaban J connectivity index is 2.61. The number of rotatable bonds is 8. The second kappa shape index (κ2) is 7.70. The van der Waals surface area contributed by atoms with Crippen LogP contribution >= 0.6 is 11.3 Å². The standard InChI is InChI=1S/C11H18N2O5S2/c1-8(14)7-12-4-5-13-20(16,17)9-3-6-19-10(9)11(15)18-2/h3,6,8,12-14H,4-5,7H2,1-2H3. The molecule has 1 aromatic heterocycles. The molecule has 9 heteroatoms. The lowest BCUT2D eigenvalue weighted by Crippen LogP contribution is -2.34. The molecule has 3 N–H and O–H groups in total. The fourth-order valence-electron chi connectivity index (χ4n) is 1.41.